The highest BCUT2D eigenvalue weighted by atomic mass is 79.9. The molecule has 0 aliphatic rings. The smallest absolute Gasteiger partial charge is 0.271 e. The SMILES string of the molecule is O=C(Nc1cccc([N+](=O)[O-])c1)c1ccoc1Br. The Labute approximate surface area is 110 Å². The molecular weight excluding hydrogens is 304 g/mol. The number of carbonyl (C=O) groups is 1. The van der Waals surface area contributed by atoms with Crippen molar-refractivity contribution in [2.45, 2.75) is 0 Å². The fourth-order valence-electron chi connectivity index (χ4n) is 1.35. The van der Waals surface area contributed by atoms with E-state index in [2.05, 4.69) is 21.2 Å². The number of amides is 1. The molecule has 0 fully saturated rings. The van der Waals surface area contributed by atoms with Crippen molar-refractivity contribution in [1.82, 2.24) is 0 Å². The summed E-state index contributed by atoms with van der Waals surface area (Å²) in [6, 6.07) is 7.20. The number of rotatable bonds is 3. The number of non-ortho nitro benzene ring substituents is 1. The highest BCUT2D eigenvalue weighted by Crippen LogP contribution is 2.21. The number of hydrogen-bond donors (Lipinski definition) is 1. The van der Waals surface area contributed by atoms with Crippen molar-refractivity contribution in [3.05, 3.63) is 56.9 Å². The summed E-state index contributed by atoms with van der Waals surface area (Å²) in [5, 5.41) is 13.1. The van der Waals surface area contributed by atoms with E-state index in [0.717, 1.165) is 0 Å². The maximum absolute atomic E-state index is 11.8. The quantitative estimate of drug-likeness (QED) is 0.696. The molecule has 1 amide bonds. The van der Waals surface area contributed by atoms with Gasteiger partial charge in [-0.05, 0) is 28.1 Å². The number of furan rings is 1. The van der Waals surface area contributed by atoms with Crippen LogP contribution in [-0.4, -0.2) is 10.8 Å². The van der Waals surface area contributed by atoms with E-state index in [9.17, 15) is 14.9 Å². The van der Waals surface area contributed by atoms with Crippen LogP contribution in [0.2, 0.25) is 0 Å². The average molecular weight is 311 g/mol. The van der Waals surface area contributed by atoms with Gasteiger partial charge < -0.3 is 9.73 Å². The zero-order chi connectivity index (χ0) is 13.1. The van der Waals surface area contributed by atoms with Gasteiger partial charge in [-0.2, -0.15) is 0 Å². The summed E-state index contributed by atoms with van der Waals surface area (Å²) in [6.07, 6.45) is 1.37. The van der Waals surface area contributed by atoms with E-state index in [0.29, 0.717) is 15.9 Å². The van der Waals surface area contributed by atoms with Crippen molar-refractivity contribution in [3.8, 4) is 0 Å². The molecule has 18 heavy (non-hydrogen) atoms. The number of hydrogen-bond acceptors (Lipinski definition) is 4. The molecule has 1 N–H and O–H groups in total. The molecular formula is C11H7BrN2O4. The van der Waals surface area contributed by atoms with Crippen LogP contribution < -0.4 is 5.32 Å². The Hall–Kier alpha value is -2.15. The second-order valence-electron chi connectivity index (χ2n) is 3.37. The van der Waals surface area contributed by atoms with E-state index < -0.39 is 10.8 Å². The lowest BCUT2D eigenvalue weighted by molar-refractivity contribution is -0.384. The van der Waals surface area contributed by atoms with Crippen LogP contribution in [0.1, 0.15) is 10.4 Å². The third-order valence-electron chi connectivity index (χ3n) is 2.18. The first kappa shape index (κ1) is 12.3. The van der Waals surface area contributed by atoms with Gasteiger partial charge in [0.05, 0.1) is 16.7 Å². The van der Waals surface area contributed by atoms with Gasteiger partial charge in [0.2, 0.25) is 0 Å². The summed E-state index contributed by atoms with van der Waals surface area (Å²) in [5.74, 6) is -0.406. The van der Waals surface area contributed by atoms with Gasteiger partial charge in [0, 0.05) is 17.8 Å². The predicted octanol–water partition coefficient (Wildman–Crippen LogP) is 3.20. The van der Waals surface area contributed by atoms with Crippen LogP contribution in [0.5, 0.6) is 0 Å². The third-order valence-corrected chi connectivity index (χ3v) is 2.79. The molecule has 0 aliphatic carbocycles. The number of nitrogens with zero attached hydrogens (tertiary/aromatic N) is 1. The fourth-order valence-corrected chi connectivity index (χ4v) is 1.77. The molecule has 2 aromatic rings. The summed E-state index contributed by atoms with van der Waals surface area (Å²) in [6.45, 7) is 0. The molecule has 0 radical (unpaired) electrons. The minimum Gasteiger partial charge on any atom is -0.457 e. The molecule has 1 heterocycles. The van der Waals surface area contributed by atoms with E-state index in [-0.39, 0.29) is 5.69 Å². The van der Waals surface area contributed by atoms with E-state index in [1.165, 1.54) is 30.5 Å². The highest BCUT2D eigenvalue weighted by molar-refractivity contribution is 9.10. The van der Waals surface area contributed by atoms with Gasteiger partial charge >= 0.3 is 0 Å². The highest BCUT2D eigenvalue weighted by Gasteiger charge is 2.14. The van der Waals surface area contributed by atoms with E-state index in [1.54, 1.807) is 6.07 Å². The first-order valence-corrected chi connectivity index (χ1v) is 5.66. The van der Waals surface area contributed by atoms with Crippen molar-refractivity contribution in [3.63, 3.8) is 0 Å². The van der Waals surface area contributed by atoms with Crippen LogP contribution in [0, 0.1) is 10.1 Å². The molecule has 0 atom stereocenters. The average Bonchev–Trinajstić information content (AvgIpc) is 2.76. The zero-order valence-electron chi connectivity index (χ0n) is 8.92. The van der Waals surface area contributed by atoms with Crippen molar-refractivity contribution < 1.29 is 14.1 Å². The van der Waals surface area contributed by atoms with Gasteiger partial charge in [0.1, 0.15) is 0 Å². The van der Waals surface area contributed by atoms with Gasteiger partial charge in [-0.15, -0.1) is 0 Å². The Morgan fingerprint density at radius 2 is 2.17 bits per heavy atom. The lowest BCUT2D eigenvalue weighted by Gasteiger charge is -2.03. The number of anilines is 1. The maximum atomic E-state index is 11.8. The first-order valence-electron chi connectivity index (χ1n) is 4.87. The van der Waals surface area contributed by atoms with Crippen molar-refractivity contribution >= 4 is 33.2 Å². The predicted molar refractivity (Wildman–Crippen MR) is 67.5 cm³/mol. The molecule has 0 unspecified atom stereocenters. The Kier molecular flexibility index (Phi) is 3.42. The van der Waals surface area contributed by atoms with Gasteiger partial charge in [-0.25, -0.2) is 0 Å². The molecule has 7 heteroatoms. The molecule has 6 nitrogen and oxygen atoms in total. The zero-order valence-corrected chi connectivity index (χ0v) is 10.5. The summed E-state index contributed by atoms with van der Waals surface area (Å²) in [7, 11) is 0. The Morgan fingerprint density at radius 3 is 2.78 bits per heavy atom. The van der Waals surface area contributed by atoms with Crippen LogP contribution in [0.15, 0.2) is 45.7 Å². The minimum atomic E-state index is -0.524. The largest absolute Gasteiger partial charge is 0.457 e. The number of nitro benzene ring substituents is 1. The second kappa shape index (κ2) is 5.01. The molecule has 92 valence electrons. The first-order chi connectivity index (χ1) is 8.58. The van der Waals surface area contributed by atoms with Crippen LogP contribution in [-0.2, 0) is 0 Å². The Morgan fingerprint density at radius 1 is 1.39 bits per heavy atom. The van der Waals surface area contributed by atoms with Crippen molar-refractivity contribution in [2.24, 2.45) is 0 Å². The van der Waals surface area contributed by atoms with Crippen molar-refractivity contribution in [1.29, 1.82) is 0 Å². The van der Waals surface area contributed by atoms with Gasteiger partial charge in [0.25, 0.3) is 11.6 Å². The molecule has 0 aliphatic heterocycles. The number of nitrogens with one attached hydrogen (secondary N) is 1. The number of nitro groups is 1. The summed E-state index contributed by atoms with van der Waals surface area (Å²) < 4.78 is 5.24. The molecule has 0 bridgehead atoms. The van der Waals surface area contributed by atoms with E-state index in [4.69, 9.17) is 4.42 Å². The van der Waals surface area contributed by atoms with E-state index >= 15 is 0 Å². The second-order valence-corrected chi connectivity index (χ2v) is 4.09. The van der Waals surface area contributed by atoms with Gasteiger partial charge in [-0.1, -0.05) is 6.07 Å². The minimum absolute atomic E-state index is 0.0842. The standard InChI is InChI=1S/C11H7BrN2O4/c12-10-9(4-5-18-10)11(15)13-7-2-1-3-8(6-7)14(16)17/h1-6H,(H,13,15). The lowest BCUT2D eigenvalue weighted by Crippen LogP contribution is -2.11. The van der Waals surface area contributed by atoms with Crippen LogP contribution in [0.25, 0.3) is 0 Å². The van der Waals surface area contributed by atoms with Crippen LogP contribution in [0.3, 0.4) is 0 Å². The normalized spacial score (nSPS) is 10.1. The monoisotopic (exact) mass is 310 g/mol. The number of benzene rings is 1. The topological polar surface area (TPSA) is 85.4 Å². The fraction of sp³-hybridized carbons (Fsp3) is 0. The van der Waals surface area contributed by atoms with Crippen LogP contribution >= 0.6 is 15.9 Å². The van der Waals surface area contributed by atoms with Crippen molar-refractivity contribution in [2.75, 3.05) is 5.32 Å². The summed E-state index contributed by atoms with van der Waals surface area (Å²) >= 11 is 3.08. The molecule has 2 rings (SSSR count). The molecule has 1 aromatic heterocycles. The van der Waals surface area contributed by atoms with Gasteiger partial charge in [0.15, 0.2) is 4.67 Å². The maximum Gasteiger partial charge on any atom is 0.271 e. The Balaban J connectivity index is 2.20. The molecule has 0 spiro atoms. The number of halogens is 1. The third kappa shape index (κ3) is 2.57. The number of carbonyl (C=O) groups excluding carboxylic acids is 1. The molecule has 1 aromatic carbocycles. The van der Waals surface area contributed by atoms with Gasteiger partial charge in [-0.3, -0.25) is 14.9 Å². The summed E-state index contributed by atoms with van der Waals surface area (Å²) in [5.41, 5.74) is 0.586. The van der Waals surface area contributed by atoms with Crippen LogP contribution in [0.4, 0.5) is 11.4 Å². The molecule has 0 saturated carbocycles. The Bertz CT molecular complexity index is 609. The molecule has 0 saturated heterocycles. The lowest BCUT2D eigenvalue weighted by atomic mass is 10.2. The van der Waals surface area contributed by atoms with E-state index in [1.807, 2.05) is 0 Å². The summed E-state index contributed by atoms with van der Waals surface area (Å²) in [4.78, 5) is 21.9.